The van der Waals surface area contributed by atoms with Gasteiger partial charge in [-0.05, 0) is 24.5 Å². The molecule has 0 heterocycles. The lowest BCUT2D eigenvalue weighted by atomic mass is 10.2. The van der Waals surface area contributed by atoms with E-state index in [1.165, 1.54) is 23.9 Å². The fourth-order valence-corrected chi connectivity index (χ4v) is 1.15. The van der Waals surface area contributed by atoms with Crippen molar-refractivity contribution in [3.05, 3.63) is 29.8 Å². The zero-order valence-corrected chi connectivity index (χ0v) is 9.28. The second-order valence-corrected chi connectivity index (χ2v) is 3.84. The zero-order chi connectivity index (χ0) is 12.2. The average Bonchev–Trinajstić information content (AvgIpc) is 2.25. The summed E-state index contributed by atoms with van der Waals surface area (Å²) in [5, 5.41) is 7.54. The largest absolute Gasteiger partial charge is 0.487 e. The van der Waals surface area contributed by atoms with E-state index in [0.29, 0.717) is 0 Å². The number of halogens is 3. The summed E-state index contributed by atoms with van der Waals surface area (Å²) in [7, 11) is 0. The standard InChI is InChI=1S/C10H10F3NOS/c1-16-9(14)6-15-8-4-2-3-7(5-8)10(11,12)13/h2-5,14H,6H2,1H3. The normalized spacial score (nSPS) is 11.2. The van der Waals surface area contributed by atoms with Gasteiger partial charge in [0.05, 0.1) is 5.56 Å². The first-order valence-corrected chi connectivity index (χ1v) is 5.57. The monoisotopic (exact) mass is 249 g/mol. The first-order valence-electron chi connectivity index (χ1n) is 4.35. The molecule has 6 heteroatoms. The zero-order valence-electron chi connectivity index (χ0n) is 8.47. The van der Waals surface area contributed by atoms with Gasteiger partial charge in [-0.25, -0.2) is 0 Å². The summed E-state index contributed by atoms with van der Waals surface area (Å²) in [6.07, 6.45) is -2.66. The molecule has 0 aromatic heterocycles. The molecule has 0 atom stereocenters. The minimum atomic E-state index is -4.37. The summed E-state index contributed by atoms with van der Waals surface area (Å²) in [5.41, 5.74) is -0.749. The van der Waals surface area contributed by atoms with Crippen LogP contribution in [-0.2, 0) is 6.18 Å². The third-order valence-electron chi connectivity index (χ3n) is 1.78. The Morgan fingerprint density at radius 2 is 2.12 bits per heavy atom. The number of thioether (sulfide) groups is 1. The molecule has 0 fully saturated rings. The molecule has 1 rings (SSSR count). The predicted octanol–water partition coefficient (Wildman–Crippen LogP) is 3.42. The van der Waals surface area contributed by atoms with E-state index in [1.54, 1.807) is 6.26 Å². The minimum Gasteiger partial charge on any atom is -0.487 e. The first kappa shape index (κ1) is 12.9. The molecule has 0 aliphatic heterocycles. The maximum absolute atomic E-state index is 12.3. The van der Waals surface area contributed by atoms with Crippen LogP contribution in [-0.4, -0.2) is 17.9 Å². The van der Waals surface area contributed by atoms with Crippen LogP contribution < -0.4 is 4.74 Å². The number of ether oxygens (including phenoxy) is 1. The van der Waals surface area contributed by atoms with Crippen LogP contribution in [0, 0.1) is 5.41 Å². The van der Waals surface area contributed by atoms with Gasteiger partial charge in [-0.2, -0.15) is 13.2 Å². The Hall–Kier alpha value is -1.17. The van der Waals surface area contributed by atoms with Crippen molar-refractivity contribution in [1.29, 1.82) is 5.41 Å². The van der Waals surface area contributed by atoms with Crippen molar-refractivity contribution in [2.24, 2.45) is 0 Å². The van der Waals surface area contributed by atoms with Crippen molar-refractivity contribution >= 4 is 16.8 Å². The fraction of sp³-hybridized carbons (Fsp3) is 0.300. The van der Waals surface area contributed by atoms with Crippen molar-refractivity contribution in [3.8, 4) is 5.75 Å². The smallest absolute Gasteiger partial charge is 0.416 e. The van der Waals surface area contributed by atoms with Crippen LogP contribution in [0.1, 0.15) is 5.56 Å². The highest BCUT2D eigenvalue weighted by atomic mass is 32.2. The van der Waals surface area contributed by atoms with Crippen LogP contribution in [0.4, 0.5) is 13.2 Å². The number of hydrogen-bond donors (Lipinski definition) is 1. The summed E-state index contributed by atoms with van der Waals surface area (Å²) in [6, 6.07) is 4.62. The molecule has 0 radical (unpaired) electrons. The van der Waals surface area contributed by atoms with Crippen molar-refractivity contribution < 1.29 is 17.9 Å². The van der Waals surface area contributed by atoms with E-state index in [9.17, 15) is 13.2 Å². The minimum absolute atomic E-state index is 0.0114. The topological polar surface area (TPSA) is 33.1 Å². The number of benzene rings is 1. The van der Waals surface area contributed by atoms with E-state index in [-0.39, 0.29) is 17.4 Å². The molecule has 16 heavy (non-hydrogen) atoms. The SMILES string of the molecule is CSC(=N)COc1cccc(C(F)(F)F)c1. The van der Waals surface area contributed by atoms with Gasteiger partial charge in [-0.15, -0.1) is 11.8 Å². The highest BCUT2D eigenvalue weighted by Gasteiger charge is 2.30. The molecule has 1 aromatic carbocycles. The molecule has 0 saturated heterocycles. The second kappa shape index (κ2) is 5.25. The van der Waals surface area contributed by atoms with Gasteiger partial charge < -0.3 is 4.74 Å². The Labute approximate surface area is 95.3 Å². The van der Waals surface area contributed by atoms with Gasteiger partial charge in [-0.3, -0.25) is 5.41 Å². The van der Waals surface area contributed by atoms with Crippen molar-refractivity contribution in [1.82, 2.24) is 0 Å². The number of hydrogen-bond acceptors (Lipinski definition) is 3. The van der Waals surface area contributed by atoms with Crippen LogP contribution >= 0.6 is 11.8 Å². The quantitative estimate of drug-likeness (QED) is 0.657. The van der Waals surface area contributed by atoms with Crippen LogP contribution in [0.3, 0.4) is 0 Å². The molecule has 0 spiro atoms. The Bertz CT molecular complexity index is 379. The van der Waals surface area contributed by atoms with Crippen molar-refractivity contribution in [2.75, 3.05) is 12.9 Å². The van der Waals surface area contributed by atoms with Gasteiger partial charge in [0.1, 0.15) is 17.4 Å². The van der Waals surface area contributed by atoms with Crippen LogP contribution in [0.25, 0.3) is 0 Å². The lowest BCUT2D eigenvalue weighted by molar-refractivity contribution is -0.137. The van der Waals surface area contributed by atoms with Crippen LogP contribution in [0.15, 0.2) is 24.3 Å². The van der Waals surface area contributed by atoms with Gasteiger partial charge in [0.25, 0.3) is 0 Å². The van der Waals surface area contributed by atoms with Crippen LogP contribution in [0.5, 0.6) is 5.75 Å². The molecule has 1 N–H and O–H groups in total. The molecule has 88 valence electrons. The molecule has 0 bridgehead atoms. The predicted molar refractivity (Wildman–Crippen MR) is 58.2 cm³/mol. The molecule has 0 unspecified atom stereocenters. The second-order valence-electron chi connectivity index (χ2n) is 2.94. The molecular formula is C10H10F3NOS. The summed E-state index contributed by atoms with van der Waals surface area (Å²) in [6.45, 7) is -0.0114. The summed E-state index contributed by atoms with van der Waals surface area (Å²) >= 11 is 1.19. The molecule has 0 amide bonds. The average molecular weight is 249 g/mol. The maximum Gasteiger partial charge on any atom is 0.416 e. The molecule has 0 aliphatic rings. The van der Waals surface area contributed by atoms with E-state index >= 15 is 0 Å². The van der Waals surface area contributed by atoms with E-state index in [4.69, 9.17) is 10.1 Å². The van der Waals surface area contributed by atoms with Gasteiger partial charge in [0, 0.05) is 0 Å². The Morgan fingerprint density at radius 3 is 2.69 bits per heavy atom. The molecule has 0 saturated carbocycles. The van der Waals surface area contributed by atoms with Crippen molar-refractivity contribution in [3.63, 3.8) is 0 Å². The molecule has 1 aromatic rings. The highest BCUT2D eigenvalue weighted by molar-refractivity contribution is 8.13. The summed E-state index contributed by atoms with van der Waals surface area (Å²) in [5.74, 6) is 0.119. The van der Waals surface area contributed by atoms with Crippen LogP contribution in [0.2, 0.25) is 0 Å². The summed E-state index contributed by atoms with van der Waals surface area (Å²) < 4.78 is 42.0. The van der Waals surface area contributed by atoms with Gasteiger partial charge in [0.15, 0.2) is 0 Å². The Morgan fingerprint density at radius 1 is 1.44 bits per heavy atom. The van der Waals surface area contributed by atoms with E-state index in [2.05, 4.69) is 0 Å². The third-order valence-corrected chi connectivity index (χ3v) is 2.39. The fourth-order valence-electron chi connectivity index (χ4n) is 0.970. The Kier molecular flexibility index (Phi) is 4.23. The van der Waals surface area contributed by atoms with Gasteiger partial charge in [-0.1, -0.05) is 6.07 Å². The lowest BCUT2D eigenvalue weighted by Gasteiger charge is -2.09. The van der Waals surface area contributed by atoms with Crippen molar-refractivity contribution in [2.45, 2.75) is 6.18 Å². The number of alkyl halides is 3. The highest BCUT2D eigenvalue weighted by Crippen LogP contribution is 2.31. The molecule has 2 nitrogen and oxygen atoms in total. The van der Waals surface area contributed by atoms with E-state index < -0.39 is 11.7 Å². The first-order chi connectivity index (χ1) is 7.43. The number of nitrogens with one attached hydrogen (secondary N) is 1. The van der Waals surface area contributed by atoms with E-state index in [1.807, 2.05) is 0 Å². The molecular weight excluding hydrogens is 239 g/mol. The maximum atomic E-state index is 12.3. The number of rotatable bonds is 3. The van der Waals surface area contributed by atoms with Gasteiger partial charge in [0.2, 0.25) is 0 Å². The van der Waals surface area contributed by atoms with E-state index in [0.717, 1.165) is 12.1 Å². The van der Waals surface area contributed by atoms with Gasteiger partial charge >= 0.3 is 6.18 Å². The molecule has 0 aliphatic carbocycles. The third kappa shape index (κ3) is 3.77. The Balaban J connectivity index is 2.72. The lowest BCUT2D eigenvalue weighted by Crippen LogP contribution is -2.08. The summed E-state index contributed by atoms with van der Waals surface area (Å²) in [4.78, 5) is 0.